The SMILES string of the molecule is CCOC(=O)c1cc(Cl)cc2c1C(=O)C(c1nccn1C)C(c1ccccc1)N2. The Hall–Kier alpha value is -3.12. The average Bonchev–Trinajstić information content (AvgIpc) is 3.13. The van der Waals surface area contributed by atoms with Gasteiger partial charge in [-0.1, -0.05) is 41.9 Å². The zero-order valence-electron chi connectivity index (χ0n) is 16.1. The van der Waals surface area contributed by atoms with Crippen LogP contribution in [0.2, 0.25) is 5.02 Å². The van der Waals surface area contributed by atoms with Crippen LogP contribution in [0.25, 0.3) is 0 Å². The van der Waals surface area contributed by atoms with Crippen molar-refractivity contribution in [2.75, 3.05) is 11.9 Å². The van der Waals surface area contributed by atoms with Crippen molar-refractivity contribution in [2.45, 2.75) is 18.9 Å². The van der Waals surface area contributed by atoms with E-state index in [0.29, 0.717) is 16.5 Å². The van der Waals surface area contributed by atoms with Crippen LogP contribution >= 0.6 is 11.6 Å². The van der Waals surface area contributed by atoms with Gasteiger partial charge in [0.2, 0.25) is 0 Å². The number of rotatable bonds is 4. The number of hydrogen-bond donors (Lipinski definition) is 1. The summed E-state index contributed by atoms with van der Waals surface area (Å²) < 4.78 is 6.98. The number of carbonyl (C=O) groups excluding carboxylic acids is 2. The van der Waals surface area contributed by atoms with Gasteiger partial charge in [0.25, 0.3) is 0 Å². The summed E-state index contributed by atoms with van der Waals surface area (Å²) in [5.41, 5.74) is 1.91. The number of aromatic nitrogens is 2. The lowest BCUT2D eigenvalue weighted by molar-refractivity contribution is 0.0522. The molecule has 1 N–H and O–H groups in total. The minimum Gasteiger partial charge on any atom is -0.462 e. The molecule has 0 amide bonds. The first-order valence-corrected chi connectivity index (χ1v) is 9.72. The summed E-state index contributed by atoms with van der Waals surface area (Å²) in [4.78, 5) is 30.7. The number of aryl methyl sites for hydroxylation is 1. The van der Waals surface area contributed by atoms with Crippen molar-refractivity contribution in [3.8, 4) is 0 Å². The third kappa shape index (κ3) is 3.40. The molecule has 0 aliphatic carbocycles. The number of fused-ring (bicyclic) bond motifs is 1. The van der Waals surface area contributed by atoms with E-state index in [1.165, 1.54) is 6.07 Å². The molecule has 1 aliphatic rings. The van der Waals surface area contributed by atoms with E-state index in [2.05, 4.69) is 10.3 Å². The van der Waals surface area contributed by atoms with E-state index < -0.39 is 11.9 Å². The van der Waals surface area contributed by atoms with Crippen molar-refractivity contribution < 1.29 is 14.3 Å². The number of carbonyl (C=O) groups is 2. The molecular weight excluding hydrogens is 390 g/mol. The molecule has 7 heteroatoms. The Morgan fingerprint density at radius 3 is 2.69 bits per heavy atom. The van der Waals surface area contributed by atoms with Crippen LogP contribution < -0.4 is 5.32 Å². The Morgan fingerprint density at radius 1 is 1.28 bits per heavy atom. The molecule has 2 heterocycles. The molecule has 0 bridgehead atoms. The molecule has 0 spiro atoms. The lowest BCUT2D eigenvalue weighted by Crippen LogP contribution is -2.34. The Balaban J connectivity index is 1.92. The fourth-order valence-corrected chi connectivity index (χ4v) is 4.01. The zero-order valence-corrected chi connectivity index (χ0v) is 16.8. The van der Waals surface area contributed by atoms with E-state index in [1.54, 1.807) is 25.4 Å². The van der Waals surface area contributed by atoms with Gasteiger partial charge in [0.15, 0.2) is 5.78 Å². The third-order valence-electron chi connectivity index (χ3n) is 5.07. The van der Waals surface area contributed by atoms with E-state index in [-0.39, 0.29) is 29.6 Å². The molecule has 0 saturated carbocycles. The molecule has 2 aromatic carbocycles. The Labute approximate surface area is 173 Å². The fourth-order valence-electron chi connectivity index (χ4n) is 3.79. The highest BCUT2D eigenvalue weighted by molar-refractivity contribution is 6.32. The monoisotopic (exact) mass is 409 g/mol. The number of nitrogens with zero attached hydrogens (tertiary/aromatic N) is 2. The topological polar surface area (TPSA) is 73.2 Å². The summed E-state index contributed by atoms with van der Waals surface area (Å²) >= 11 is 6.25. The molecule has 148 valence electrons. The lowest BCUT2D eigenvalue weighted by atomic mass is 9.80. The van der Waals surface area contributed by atoms with E-state index in [4.69, 9.17) is 16.3 Å². The van der Waals surface area contributed by atoms with Crippen LogP contribution in [0.4, 0.5) is 5.69 Å². The Morgan fingerprint density at radius 2 is 2.03 bits per heavy atom. The number of anilines is 1. The highest BCUT2D eigenvalue weighted by atomic mass is 35.5. The van der Waals surface area contributed by atoms with Crippen molar-refractivity contribution in [2.24, 2.45) is 7.05 Å². The van der Waals surface area contributed by atoms with Gasteiger partial charge in [-0.25, -0.2) is 9.78 Å². The molecule has 29 heavy (non-hydrogen) atoms. The molecule has 0 radical (unpaired) electrons. The first kappa shape index (κ1) is 19.2. The number of imidazole rings is 1. The van der Waals surface area contributed by atoms with E-state index >= 15 is 0 Å². The maximum Gasteiger partial charge on any atom is 0.338 e. The Bertz CT molecular complexity index is 1080. The first-order chi connectivity index (χ1) is 14.0. The van der Waals surface area contributed by atoms with Crippen LogP contribution in [0.3, 0.4) is 0 Å². The summed E-state index contributed by atoms with van der Waals surface area (Å²) in [6, 6.07) is 12.5. The van der Waals surface area contributed by atoms with Gasteiger partial charge in [-0.3, -0.25) is 4.79 Å². The third-order valence-corrected chi connectivity index (χ3v) is 5.29. The number of hydrogen-bond acceptors (Lipinski definition) is 5. The number of esters is 1. The number of benzene rings is 2. The molecule has 2 atom stereocenters. The molecule has 1 aliphatic heterocycles. The van der Waals surface area contributed by atoms with E-state index in [9.17, 15) is 9.59 Å². The molecule has 4 rings (SSSR count). The second kappa shape index (κ2) is 7.72. The highest BCUT2D eigenvalue weighted by Crippen LogP contribution is 2.44. The normalized spacial score (nSPS) is 18.1. The summed E-state index contributed by atoms with van der Waals surface area (Å²) in [6.07, 6.45) is 3.46. The number of Topliss-reactive ketones (excluding diaryl/α,β-unsaturated/α-hetero) is 1. The quantitative estimate of drug-likeness (QED) is 0.647. The van der Waals surface area contributed by atoms with Gasteiger partial charge < -0.3 is 14.6 Å². The van der Waals surface area contributed by atoms with Gasteiger partial charge in [0.1, 0.15) is 11.7 Å². The van der Waals surface area contributed by atoms with Crippen molar-refractivity contribution >= 4 is 29.0 Å². The molecule has 6 nitrogen and oxygen atoms in total. The maximum absolute atomic E-state index is 13.7. The van der Waals surface area contributed by atoms with Crippen molar-refractivity contribution in [1.82, 2.24) is 9.55 Å². The predicted octanol–water partition coefficient (Wildman–Crippen LogP) is 4.38. The minimum atomic E-state index is -0.612. The molecule has 1 aromatic heterocycles. The van der Waals surface area contributed by atoms with Crippen molar-refractivity contribution in [1.29, 1.82) is 0 Å². The van der Waals surface area contributed by atoms with Crippen LogP contribution in [0.15, 0.2) is 54.9 Å². The highest BCUT2D eigenvalue weighted by Gasteiger charge is 2.42. The van der Waals surface area contributed by atoms with Crippen LogP contribution in [0.5, 0.6) is 0 Å². The summed E-state index contributed by atoms with van der Waals surface area (Å²) in [7, 11) is 1.85. The second-order valence-corrected chi connectivity index (χ2v) is 7.30. The molecule has 0 saturated heterocycles. The number of ketones is 1. The van der Waals surface area contributed by atoms with Crippen molar-refractivity contribution in [3.63, 3.8) is 0 Å². The van der Waals surface area contributed by atoms with Gasteiger partial charge in [-0.2, -0.15) is 0 Å². The second-order valence-electron chi connectivity index (χ2n) is 6.87. The van der Waals surface area contributed by atoms with Crippen LogP contribution in [-0.2, 0) is 11.8 Å². The van der Waals surface area contributed by atoms with Gasteiger partial charge in [-0.15, -0.1) is 0 Å². The molecule has 0 fully saturated rings. The van der Waals surface area contributed by atoms with Crippen molar-refractivity contribution in [3.05, 3.63) is 82.4 Å². The number of ether oxygens (including phenoxy) is 1. The minimum absolute atomic E-state index is 0.164. The van der Waals surface area contributed by atoms with Gasteiger partial charge >= 0.3 is 5.97 Å². The van der Waals surface area contributed by atoms with E-state index in [1.807, 2.05) is 41.9 Å². The van der Waals surface area contributed by atoms with Crippen LogP contribution in [0.1, 0.15) is 51.0 Å². The smallest absolute Gasteiger partial charge is 0.338 e. The number of nitrogens with one attached hydrogen (secondary N) is 1. The zero-order chi connectivity index (χ0) is 20.5. The van der Waals surface area contributed by atoms with Crippen LogP contribution in [0, 0.1) is 0 Å². The molecule has 2 unspecified atom stereocenters. The maximum atomic E-state index is 13.7. The fraction of sp³-hybridized carbons (Fsp3) is 0.227. The predicted molar refractivity (Wildman–Crippen MR) is 110 cm³/mol. The summed E-state index contributed by atoms with van der Waals surface area (Å²) in [5, 5.41) is 3.78. The lowest BCUT2D eigenvalue weighted by Gasteiger charge is -2.34. The first-order valence-electron chi connectivity index (χ1n) is 9.34. The summed E-state index contributed by atoms with van der Waals surface area (Å²) in [5.74, 6) is -0.759. The van der Waals surface area contributed by atoms with Crippen LogP contribution in [-0.4, -0.2) is 27.9 Å². The summed E-state index contributed by atoms with van der Waals surface area (Å²) in [6.45, 7) is 1.92. The standard InChI is InChI=1S/C22H20ClN3O3/c1-3-29-22(28)15-11-14(23)12-16-17(15)20(27)18(21-24-9-10-26(21)2)19(25-16)13-7-5-4-6-8-13/h4-12,18-19,25H,3H2,1-2H3. The molecular formula is C22H20ClN3O3. The van der Waals surface area contributed by atoms with Gasteiger partial charge in [-0.05, 0) is 24.6 Å². The molecule has 3 aromatic rings. The Kier molecular flexibility index (Phi) is 5.11. The number of halogens is 1. The van der Waals surface area contributed by atoms with Gasteiger partial charge in [0.05, 0.1) is 23.8 Å². The van der Waals surface area contributed by atoms with E-state index in [0.717, 1.165) is 5.56 Å². The average molecular weight is 410 g/mol. The largest absolute Gasteiger partial charge is 0.462 e. The van der Waals surface area contributed by atoms with Gasteiger partial charge in [0, 0.05) is 30.2 Å².